The minimum Gasteiger partial charge on any atom is -0.480 e. The molecule has 6 nitrogen and oxygen atoms in total. The van der Waals surface area contributed by atoms with E-state index in [-0.39, 0.29) is 18.2 Å². The Morgan fingerprint density at radius 2 is 2.00 bits per heavy atom. The van der Waals surface area contributed by atoms with Crippen molar-refractivity contribution in [3.63, 3.8) is 0 Å². The first kappa shape index (κ1) is 20.4. The zero-order valence-corrected chi connectivity index (χ0v) is 15.9. The molecule has 0 aliphatic heterocycles. The van der Waals surface area contributed by atoms with Crippen LogP contribution in [0.2, 0.25) is 0 Å². The zero-order valence-electron chi connectivity index (χ0n) is 14.2. The standard InChI is InChI=1S/C16H25N3O3S2/c1-11(2)14(15(21)22)19(3)13(20)7-9-18-16(23)17-8-6-12-5-4-10-24-12/h4-5,10-11,14H,6-9H2,1-3H3,(H,21,22)(H2,17,18,23). The number of aliphatic carboxylic acids is 1. The van der Waals surface area contributed by atoms with Gasteiger partial charge in [-0.05, 0) is 36.0 Å². The summed E-state index contributed by atoms with van der Waals surface area (Å²) in [6.07, 6.45) is 1.09. The van der Waals surface area contributed by atoms with Gasteiger partial charge in [0.25, 0.3) is 0 Å². The molecule has 1 aromatic rings. The predicted octanol–water partition coefficient (Wildman–Crippen LogP) is 1.71. The van der Waals surface area contributed by atoms with E-state index in [1.807, 2.05) is 11.4 Å². The van der Waals surface area contributed by atoms with Crippen molar-refractivity contribution in [2.75, 3.05) is 20.1 Å². The third-order valence-electron chi connectivity index (χ3n) is 3.56. The zero-order chi connectivity index (χ0) is 18.1. The number of carbonyl (C=O) groups is 2. The predicted molar refractivity (Wildman–Crippen MR) is 100 cm³/mol. The van der Waals surface area contributed by atoms with Gasteiger partial charge in [0.2, 0.25) is 5.91 Å². The molecular weight excluding hydrogens is 346 g/mol. The molecule has 1 aromatic heterocycles. The highest BCUT2D eigenvalue weighted by Crippen LogP contribution is 2.10. The lowest BCUT2D eigenvalue weighted by atomic mass is 10.0. The summed E-state index contributed by atoms with van der Waals surface area (Å²) in [6, 6.07) is 3.28. The molecule has 0 saturated carbocycles. The first-order valence-corrected chi connectivity index (χ1v) is 9.14. The van der Waals surface area contributed by atoms with E-state index in [9.17, 15) is 14.7 Å². The largest absolute Gasteiger partial charge is 0.480 e. The topological polar surface area (TPSA) is 81.7 Å². The number of carboxylic acid groups (broad SMARTS) is 1. The summed E-state index contributed by atoms with van der Waals surface area (Å²) >= 11 is 6.87. The number of carboxylic acids is 1. The lowest BCUT2D eigenvalue weighted by molar-refractivity contribution is -0.150. The number of hydrogen-bond acceptors (Lipinski definition) is 4. The van der Waals surface area contributed by atoms with Crippen LogP contribution in [-0.2, 0) is 16.0 Å². The summed E-state index contributed by atoms with van der Waals surface area (Å²) in [7, 11) is 1.53. The van der Waals surface area contributed by atoms with Gasteiger partial charge in [-0.2, -0.15) is 0 Å². The van der Waals surface area contributed by atoms with Gasteiger partial charge in [-0.25, -0.2) is 4.79 Å². The van der Waals surface area contributed by atoms with Crippen molar-refractivity contribution in [3.8, 4) is 0 Å². The Kier molecular flexibility index (Phi) is 8.70. The number of rotatable bonds is 9. The summed E-state index contributed by atoms with van der Waals surface area (Å²) in [5, 5.41) is 17.8. The highest BCUT2D eigenvalue weighted by Gasteiger charge is 2.28. The minimum atomic E-state index is -0.987. The maximum atomic E-state index is 12.1. The van der Waals surface area contributed by atoms with Gasteiger partial charge >= 0.3 is 5.97 Å². The van der Waals surface area contributed by atoms with Crippen LogP contribution in [0.3, 0.4) is 0 Å². The second-order valence-electron chi connectivity index (χ2n) is 5.79. The Labute approximate surface area is 152 Å². The number of carbonyl (C=O) groups excluding carboxylic acids is 1. The average Bonchev–Trinajstić information content (AvgIpc) is 2.99. The second-order valence-corrected chi connectivity index (χ2v) is 7.23. The van der Waals surface area contributed by atoms with Crippen LogP contribution in [0.25, 0.3) is 0 Å². The first-order valence-electron chi connectivity index (χ1n) is 7.85. The van der Waals surface area contributed by atoms with E-state index in [0.29, 0.717) is 11.7 Å². The highest BCUT2D eigenvalue weighted by atomic mass is 32.1. The monoisotopic (exact) mass is 371 g/mol. The van der Waals surface area contributed by atoms with E-state index in [0.717, 1.165) is 13.0 Å². The van der Waals surface area contributed by atoms with E-state index >= 15 is 0 Å². The summed E-state index contributed by atoms with van der Waals surface area (Å²) < 4.78 is 0. The van der Waals surface area contributed by atoms with Crippen LogP contribution < -0.4 is 10.6 Å². The minimum absolute atomic E-state index is 0.149. The SMILES string of the molecule is CC(C)C(C(=O)O)N(C)C(=O)CCNC(=S)NCCc1cccs1. The number of thiophene rings is 1. The van der Waals surface area contributed by atoms with Crippen LogP contribution in [0.5, 0.6) is 0 Å². The van der Waals surface area contributed by atoms with E-state index in [1.165, 1.54) is 16.8 Å². The lowest BCUT2D eigenvalue weighted by Gasteiger charge is -2.27. The number of hydrogen-bond donors (Lipinski definition) is 3. The van der Waals surface area contributed by atoms with E-state index in [2.05, 4.69) is 16.7 Å². The van der Waals surface area contributed by atoms with Gasteiger partial charge < -0.3 is 20.6 Å². The Morgan fingerprint density at radius 3 is 2.54 bits per heavy atom. The number of nitrogens with one attached hydrogen (secondary N) is 2. The number of amides is 1. The average molecular weight is 372 g/mol. The van der Waals surface area contributed by atoms with Crippen molar-refractivity contribution in [1.82, 2.24) is 15.5 Å². The van der Waals surface area contributed by atoms with E-state index < -0.39 is 12.0 Å². The van der Waals surface area contributed by atoms with Crippen molar-refractivity contribution in [2.24, 2.45) is 5.92 Å². The summed E-state index contributed by atoms with van der Waals surface area (Å²) in [5.74, 6) is -1.35. The molecule has 0 aliphatic carbocycles. The smallest absolute Gasteiger partial charge is 0.326 e. The van der Waals surface area contributed by atoms with Gasteiger partial charge in [0.05, 0.1) is 0 Å². The maximum Gasteiger partial charge on any atom is 0.326 e. The lowest BCUT2D eigenvalue weighted by Crippen LogP contribution is -2.46. The molecule has 134 valence electrons. The van der Waals surface area contributed by atoms with Crippen molar-refractivity contribution in [2.45, 2.75) is 32.7 Å². The summed E-state index contributed by atoms with van der Waals surface area (Å²) in [6.45, 7) is 4.67. The molecule has 1 heterocycles. The Bertz CT molecular complexity index is 547. The van der Waals surface area contributed by atoms with E-state index in [1.54, 1.807) is 25.2 Å². The van der Waals surface area contributed by atoms with Crippen LogP contribution >= 0.6 is 23.6 Å². The molecule has 1 atom stereocenters. The van der Waals surface area contributed by atoms with E-state index in [4.69, 9.17) is 12.2 Å². The normalized spacial score (nSPS) is 11.8. The fraction of sp³-hybridized carbons (Fsp3) is 0.562. The molecular formula is C16H25N3O3S2. The second kappa shape index (κ2) is 10.2. The van der Waals surface area contributed by atoms with Gasteiger partial charge in [-0.3, -0.25) is 4.79 Å². The molecule has 0 radical (unpaired) electrons. The van der Waals surface area contributed by atoms with Crippen LogP contribution in [0, 0.1) is 5.92 Å². The summed E-state index contributed by atoms with van der Waals surface area (Å²) in [5.41, 5.74) is 0. The molecule has 1 rings (SSSR count). The number of thiocarbonyl (C=S) groups is 1. The van der Waals surface area contributed by atoms with Crippen molar-refractivity contribution in [3.05, 3.63) is 22.4 Å². The van der Waals surface area contributed by atoms with Gasteiger partial charge in [0.1, 0.15) is 6.04 Å². The van der Waals surface area contributed by atoms with Crippen molar-refractivity contribution in [1.29, 1.82) is 0 Å². The quantitative estimate of drug-likeness (QED) is 0.574. The van der Waals surface area contributed by atoms with Crippen molar-refractivity contribution >= 4 is 40.5 Å². The molecule has 0 saturated heterocycles. The third-order valence-corrected chi connectivity index (χ3v) is 4.78. The van der Waals surface area contributed by atoms with Crippen LogP contribution in [0.1, 0.15) is 25.1 Å². The molecule has 8 heteroatoms. The molecule has 3 N–H and O–H groups in total. The van der Waals surface area contributed by atoms with Crippen LogP contribution in [0.4, 0.5) is 0 Å². The highest BCUT2D eigenvalue weighted by molar-refractivity contribution is 7.80. The molecule has 1 unspecified atom stereocenters. The Morgan fingerprint density at radius 1 is 1.33 bits per heavy atom. The molecule has 0 bridgehead atoms. The van der Waals surface area contributed by atoms with Gasteiger partial charge in [-0.15, -0.1) is 11.3 Å². The fourth-order valence-corrected chi connectivity index (χ4v) is 3.24. The first-order chi connectivity index (χ1) is 11.3. The van der Waals surface area contributed by atoms with Crippen LogP contribution in [-0.4, -0.2) is 53.2 Å². The molecule has 0 aliphatic rings. The van der Waals surface area contributed by atoms with Crippen molar-refractivity contribution < 1.29 is 14.7 Å². The molecule has 0 spiro atoms. The van der Waals surface area contributed by atoms with Gasteiger partial charge in [0, 0.05) is 31.4 Å². The maximum absolute atomic E-state index is 12.1. The van der Waals surface area contributed by atoms with Crippen LogP contribution in [0.15, 0.2) is 17.5 Å². The molecule has 0 fully saturated rings. The summed E-state index contributed by atoms with van der Waals surface area (Å²) in [4.78, 5) is 25.9. The number of likely N-dealkylation sites (N-methyl/N-ethyl adjacent to an activating group) is 1. The Balaban J connectivity index is 2.26. The molecule has 24 heavy (non-hydrogen) atoms. The number of nitrogens with zero attached hydrogens (tertiary/aromatic N) is 1. The fourth-order valence-electron chi connectivity index (χ4n) is 2.33. The Hall–Kier alpha value is -1.67. The van der Waals surface area contributed by atoms with Gasteiger partial charge in [-0.1, -0.05) is 19.9 Å². The molecule has 0 aromatic carbocycles. The third kappa shape index (κ3) is 6.84. The van der Waals surface area contributed by atoms with Gasteiger partial charge in [0.15, 0.2) is 5.11 Å². The molecule has 1 amide bonds.